The molecule has 3 amide bonds. The van der Waals surface area contributed by atoms with Crippen LogP contribution in [0.1, 0.15) is 34.3 Å². The predicted octanol–water partition coefficient (Wildman–Crippen LogP) is 0.259. The Hall–Kier alpha value is -3.53. The molecule has 2 fully saturated rings. The minimum Gasteiger partial charge on any atom is -0.366 e. The highest BCUT2D eigenvalue weighted by Gasteiger charge is 2.39. The van der Waals surface area contributed by atoms with Gasteiger partial charge in [0.2, 0.25) is 11.8 Å². The zero-order valence-corrected chi connectivity index (χ0v) is 17.6. The van der Waals surface area contributed by atoms with Gasteiger partial charge in [0, 0.05) is 57.3 Å². The average Bonchev–Trinajstić information content (AvgIpc) is 3.14. The number of hydrogen-bond donors (Lipinski definition) is 3. The second-order valence-electron chi connectivity index (χ2n) is 8.24. The van der Waals surface area contributed by atoms with Crippen molar-refractivity contribution in [3.05, 3.63) is 47.3 Å². The number of piperazine rings is 1. The molecule has 2 aromatic rings. The van der Waals surface area contributed by atoms with E-state index in [4.69, 9.17) is 0 Å². The van der Waals surface area contributed by atoms with E-state index in [-0.39, 0.29) is 18.2 Å². The number of nitrogens with zero attached hydrogens (tertiary/aromatic N) is 4. The van der Waals surface area contributed by atoms with E-state index in [0.717, 1.165) is 48.9 Å². The number of aromatic nitrogens is 2. The van der Waals surface area contributed by atoms with Crippen LogP contribution in [0.15, 0.2) is 30.6 Å². The molecule has 1 unspecified atom stereocenters. The van der Waals surface area contributed by atoms with Gasteiger partial charge in [-0.25, -0.2) is 9.97 Å². The quantitative estimate of drug-likeness (QED) is 0.572. The van der Waals surface area contributed by atoms with Crippen LogP contribution in [0.25, 0.3) is 0 Å². The van der Waals surface area contributed by atoms with Crippen LogP contribution in [-0.4, -0.2) is 64.8 Å². The third kappa shape index (κ3) is 4.01. The van der Waals surface area contributed by atoms with Gasteiger partial charge in [0.05, 0.1) is 0 Å². The summed E-state index contributed by atoms with van der Waals surface area (Å²) in [5, 5.41) is 8.97. The summed E-state index contributed by atoms with van der Waals surface area (Å²) >= 11 is 0. The first-order valence-corrected chi connectivity index (χ1v) is 10.9. The fraction of sp³-hybridized carbons (Fsp3) is 0.409. The van der Waals surface area contributed by atoms with Crippen LogP contribution in [-0.2, 0) is 22.7 Å². The van der Waals surface area contributed by atoms with E-state index in [2.05, 4.69) is 30.8 Å². The molecular weight excluding hydrogens is 410 g/mol. The van der Waals surface area contributed by atoms with Gasteiger partial charge < -0.3 is 20.4 Å². The molecule has 1 aromatic heterocycles. The lowest BCUT2D eigenvalue weighted by Crippen LogP contribution is -2.52. The smallest absolute Gasteiger partial charge is 0.255 e. The SMILES string of the molecule is O=C1CCC(N2Cc3ccc(CNc4cc(N5CCNCC5)ncn4)cc3C2=O)C(=O)N1. The van der Waals surface area contributed by atoms with Gasteiger partial charge in [0.25, 0.3) is 5.91 Å². The first-order valence-electron chi connectivity index (χ1n) is 10.9. The van der Waals surface area contributed by atoms with Gasteiger partial charge in [-0.05, 0) is 23.6 Å². The molecule has 3 N–H and O–H groups in total. The third-order valence-corrected chi connectivity index (χ3v) is 6.16. The first-order chi connectivity index (χ1) is 15.6. The topological polar surface area (TPSA) is 120 Å². The number of amides is 3. The van der Waals surface area contributed by atoms with Gasteiger partial charge in [0.1, 0.15) is 24.0 Å². The van der Waals surface area contributed by atoms with Crippen molar-refractivity contribution >= 4 is 29.4 Å². The van der Waals surface area contributed by atoms with Gasteiger partial charge in [-0.2, -0.15) is 0 Å². The second kappa shape index (κ2) is 8.54. The summed E-state index contributed by atoms with van der Waals surface area (Å²) in [4.78, 5) is 49.1. The summed E-state index contributed by atoms with van der Waals surface area (Å²) < 4.78 is 0. The molecule has 32 heavy (non-hydrogen) atoms. The summed E-state index contributed by atoms with van der Waals surface area (Å²) in [7, 11) is 0. The van der Waals surface area contributed by atoms with Crippen LogP contribution < -0.4 is 20.9 Å². The van der Waals surface area contributed by atoms with Crippen LogP contribution in [0.5, 0.6) is 0 Å². The highest BCUT2D eigenvalue weighted by molar-refractivity contribution is 6.05. The zero-order valence-electron chi connectivity index (χ0n) is 17.6. The average molecular weight is 435 g/mol. The van der Waals surface area contributed by atoms with Crippen LogP contribution in [0, 0.1) is 0 Å². The molecule has 10 nitrogen and oxygen atoms in total. The number of imide groups is 1. The highest BCUT2D eigenvalue weighted by atomic mass is 16.2. The third-order valence-electron chi connectivity index (χ3n) is 6.16. The van der Waals surface area contributed by atoms with Crippen LogP contribution in [0.4, 0.5) is 11.6 Å². The summed E-state index contributed by atoms with van der Waals surface area (Å²) in [5.74, 6) is 0.778. The normalized spacial score (nSPS) is 20.9. The Kier molecular flexibility index (Phi) is 5.44. The van der Waals surface area contributed by atoms with E-state index in [0.29, 0.717) is 25.1 Å². The van der Waals surface area contributed by atoms with Crippen LogP contribution >= 0.6 is 0 Å². The maximum absolute atomic E-state index is 13.0. The summed E-state index contributed by atoms with van der Waals surface area (Å²) in [5.41, 5.74) is 2.45. The number of piperidine rings is 1. The molecule has 0 spiro atoms. The van der Waals surface area contributed by atoms with E-state index in [1.807, 2.05) is 24.3 Å². The molecule has 0 radical (unpaired) electrons. The molecule has 3 aliphatic heterocycles. The Balaban J connectivity index is 1.25. The van der Waals surface area contributed by atoms with Gasteiger partial charge in [0.15, 0.2) is 0 Å². The Morgan fingerprint density at radius 3 is 2.75 bits per heavy atom. The van der Waals surface area contributed by atoms with E-state index in [1.54, 1.807) is 11.2 Å². The number of carbonyl (C=O) groups excluding carboxylic acids is 3. The maximum Gasteiger partial charge on any atom is 0.255 e. The lowest BCUT2D eigenvalue weighted by molar-refractivity contribution is -0.136. The Morgan fingerprint density at radius 2 is 1.94 bits per heavy atom. The Bertz CT molecular complexity index is 1070. The fourth-order valence-electron chi connectivity index (χ4n) is 4.42. The molecule has 4 heterocycles. The van der Waals surface area contributed by atoms with E-state index >= 15 is 0 Å². The summed E-state index contributed by atoms with van der Waals surface area (Å²) in [6.07, 6.45) is 2.17. The number of benzene rings is 1. The molecule has 1 atom stereocenters. The predicted molar refractivity (Wildman–Crippen MR) is 117 cm³/mol. The largest absolute Gasteiger partial charge is 0.366 e. The van der Waals surface area contributed by atoms with Gasteiger partial charge in [-0.3, -0.25) is 19.7 Å². The van der Waals surface area contributed by atoms with Crippen molar-refractivity contribution in [1.82, 2.24) is 25.5 Å². The van der Waals surface area contributed by atoms with Crippen molar-refractivity contribution in [3.8, 4) is 0 Å². The molecule has 3 aliphatic rings. The van der Waals surface area contributed by atoms with E-state index < -0.39 is 11.9 Å². The van der Waals surface area contributed by atoms with Crippen molar-refractivity contribution in [2.75, 3.05) is 36.4 Å². The van der Waals surface area contributed by atoms with Crippen molar-refractivity contribution < 1.29 is 14.4 Å². The number of nitrogens with one attached hydrogen (secondary N) is 3. The maximum atomic E-state index is 13.0. The number of carbonyl (C=O) groups is 3. The lowest BCUT2D eigenvalue weighted by atomic mass is 10.0. The summed E-state index contributed by atoms with van der Waals surface area (Å²) in [6, 6.07) is 7.12. The molecule has 0 aliphatic carbocycles. The first kappa shape index (κ1) is 20.4. The number of anilines is 2. The van der Waals surface area contributed by atoms with Crippen LogP contribution in [0.2, 0.25) is 0 Å². The number of rotatable bonds is 5. The minimum absolute atomic E-state index is 0.167. The van der Waals surface area contributed by atoms with E-state index in [9.17, 15) is 14.4 Å². The molecule has 10 heteroatoms. The number of fused-ring (bicyclic) bond motifs is 1. The Morgan fingerprint density at radius 1 is 1.09 bits per heavy atom. The van der Waals surface area contributed by atoms with Gasteiger partial charge in [-0.1, -0.05) is 12.1 Å². The second-order valence-corrected chi connectivity index (χ2v) is 8.24. The van der Waals surface area contributed by atoms with Gasteiger partial charge in [-0.15, -0.1) is 0 Å². The number of hydrogen-bond acceptors (Lipinski definition) is 8. The molecule has 2 saturated heterocycles. The van der Waals surface area contributed by atoms with Crippen molar-refractivity contribution in [2.45, 2.75) is 32.0 Å². The lowest BCUT2D eigenvalue weighted by Gasteiger charge is -2.29. The molecular formula is C22H25N7O3. The van der Waals surface area contributed by atoms with Crippen molar-refractivity contribution in [3.63, 3.8) is 0 Å². The minimum atomic E-state index is -0.599. The molecule has 0 bridgehead atoms. The molecule has 166 valence electrons. The summed E-state index contributed by atoms with van der Waals surface area (Å²) in [6.45, 7) is 4.59. The Labute approximate surface area is 185 Å². The molecule has 0 saturated carbocycles. The highest BCUT2D eigenvalue weighted by Crippen LogP contribution is 2.28. The fourth-order valence-corrected chi connectivity index (χ4v) is 4.42. The van der Waals surface area contributed by atoms with Crippen molar-refractivity contribution in [1.29, 1.82) is 0 Å². The molecule has 1 aromatic carbocycles. The van der Waals surface area contributed by atoms with Crippen LogP contribution in [0.3, 0.4) is 0 Å². The standard InChI is InChI=1S/C22H25N7O3/c30-20-4-3-17(21(31)27-20)29-12-15-2-1-14(9-16(15)22(29)32)11-24-18-10-19(26-13-25-18)28-7-5-23-6-8-28/h1-2,9-10,13,17,23H,3-8,11-12H2,(H,24,25,26)(H,27,30,31). The van der Waals surface area contributed by atoms with Crippen molar-refractivity contribution in [2.24, 2.45) is 0 Å². The van der Waals surface area contributed by atoms with Gasteiger partial charge >= 0.3 is 0 Å². The zero-order chi connectivity index (χ0) is 22.1. The van der Waals surface area contributed by atoms with E-state index in [1.165, 1.54) is 0 Å². The molecule has 5 rings (SSSR count). The monoisotopic (exact) mass is 435 g/mol.